The van der Waals surface area contributed by atoms with Crippen molar-refractivity contribution in [1.29, 1.82) is 0 Å². The minimum absolute atomic E-state index is 0.166. The van der Waals surface area contributed by atoms with Gasteiger partial charge in [0.1, 0.15) is 5.75 Å². The van der Waals surface area contributed by atoms with E-state index in [0.717, 1.165) is 23.7 Å². The van der Waals surface area contributed by atoms with E-state index in [-0.39, 0.29) is 6.04 Å². The quantitative estimate of drug-likeness (QED) is 0.817. The third kappa shape index (κ3) is 2.53. The monoisotopic (exact) mass is 209 g/mol. The summed E-state index contributed by atoms with van der Waals surface area (Å²) >= 11 is 0. The van der Waals surface area contributed by atoms with Crippen molar-refractivity contribution in [2.45, 2.75) is 19.4 Å². The molecule has 0 aliphatic carbocycles. The van der Waals surface area contributed by atoms with E-state index in [2.05, 4.69) is 0 Å². The second-order valence-corrected chi connectivity index (χ2v) is 3.63. The zero-order chi connectivity index (χ0) is 10.7. The highest BCUT2D eigenvalue weighted by Gasteiger charge is 2.13. The summed E-state index contributed by atoms with van der Waals surface area (Å²) in [5.41, 5.74) is 5.62. The molecule has 1 aliphatic heterocycles. The van der Waals surface area contributed by atoms with E-state index in [1.807, 2.05) is 25.1 Å². The van der Waals surface area contributed by atoms with Gasteiger partial charge in [0.15, 0.2) is 11.5 Å². The number of hydrogen-bond acceptors (Lipinski definition) is 4. The van der Waals surface area contributed by atoms with Crippen molar-refractivity contribution in [1.82, 2.24) is 0 Å². The lowest BCUT2D eigenvalue weighted by Gasteiger charge is -2.08. The minimum Gasteiger partial charge on any atom is -0.493 e. The number of benzene rings is 1. The normalized spacial score (nSPS) is 15.1. The standard InChI is InChI=1S/C11H15NO3/c1-8(12)4-5-13-9-2-3-10-11(6-9)15-7-14-10/h2-3,6,8H,4-5,7,12H2,1H3. The van der Waals surface area contributed by atoms with Crippen molar-refractivity contribution >= 4 is 0 Å². The first kappa shape index (κ1) is 10.1. The van der Waals surface area contributed by atoms with Gasteiger partial charge >= 0.3 is 0 Å². The minimum atomic E-state index is 0.166. The van der Waals surface area contributed by atoms with Crippen LogP contribution in [0.15, 0.2) is 18.2 Å². The van der Waals surface area contributed by atoms with Gasteiger partial charge in [-0.05, 0) is 25.5 Å². The molecular weight excluding hydrogens is 194 g/mol. The molecule has 0 spiro atoms. The lowest BCUT2D eigenvalue weighted by Crippen LogP contribution is -2.18. The van der Waals surface area contributed by atoms with Gasteiger partial charge in [-0.2, -0.15) is 0 Å². The summed E-state index contributed by atoms with van der Waals surface area (Å²) in [7, 11) is 0. The van der Waals surface area contributed by atoms with Gasteiger partial charge in [0.25, 0.3) is 0 Å². The molecule has 1 aromatic rings. The number of nitrogens with two attached hydrogens (primary N) is 1. The number of fused-ring (bicyclic) bond motifs is 1. The van der Waals surface area contributed by atoms with Crippen LogP contribution in [0.25, 0.3) is 0 Å². The predicted octanol–water partition coefficient (Wildman–Crippen LogP) is 1.53. The second-order valence-electron chi connectivity index (χ2n) is 3.63. The molecule has 2 N–H and O–H groups in total. The van der Waals surface area contributed by atoms with E-state index < -0.39 is 0 Å². The molecule has 0 saturated carbocycles. The molecular formula is C11H15NO3. The Kier molecular flexibility index (Phi) is 2.97. The van der Waals surface area contributed by atoms with Crippen molar-refractivity contribution in [3.63, 3.8) is 0 Å². The summed E-state index contributed by atoms with van der Waals surface area (Å²) in [6.07, 6.45) is 0.842. The molecule has 1 heterocycles. The van der Waals surface area contributed by atoms with E-state index in [1.54, 1.807) is 0 Å². The average Bonchev–Trinajstić information content (AvgIpc) is 2.64. The van der Waals surface area contributed by atoms with Gasteiger partial charge in [-0.15, -0.1) is 0 Å². The summed E-state index contributed by atoms with van der Waals surface area (Å²) in [5.74, 6) is 2.31. The molecule has 0 bridgehead atoms. The molecule has 1 atom stereocenters. The summed E-state index contributed by atoms with van der Waals surface area (Å²) in [6.45, 7) is 2.87. The molecule has 2 rings (SSSR count). The smallest absolute Gasteiger partial charge is 0.231 e. The fourth-order valence-corrected chi connectivity index (χ4v) is 1.33. The fourth-order valence-electron chi connectivity index (χ4n) is 1.33. The summed E-state index contributed by atoms with van der Waals surface area (Å²) in [6, 6.07) is 5.72. The van der Waals surface area contributed by atoms with Crippen molar-refractivity contribution in [2.75, 3.05) is 13.4 Å². The van der Waals surface area contributed by atoms with Gasteiger partial charge in [0.05, 0.1) is 6.61 Å². The Morgan fingerprint density at radius 2 is 2.20 bits per heavy atom. The highest BCUT2D eigenvalue weighted by Crippen LogP contribution is 2.35. The average molecular weight is 209 g/mol. The lowest BCUT2D eigenvalue weighted by atomic mass is 10.2. The highest BCUT2D eigenvalue weighted by atomic mass is 16.7. The van der Waals surface area contributed by atoms with Gasteiger partial charge in [-0.25, -0.2) is 0 Å². The van der Waals surface area contributed by atoms with E-state index in [4.69, 9.17) is 19.9 Å². The van der Waals surface area contributed by atoms with E-state index >= 15 is 0 Å². The molecule has 15 heavy (non-hydrogen) atoms. The molecule has 0 fully saturated rings. The first-order chi connectivity index (χ1) is 7.25. The van der Waals surface area contributed by atoms with Crippen molar-refractivity contribution in [2.24, 2.45) is 5.73 Å². The number of ether oxygens (including phenoxy) is 3. The molecule has 0 amide bonds. The Labute approximate surface area is 88.9 Å². The maximum Gasteiger partial charge on any atom is 0.231 e. The van der Waals surface area contributed by atoms with Crippen LogP contribution in [0.5, 0.6) is 17.2 Å². The summed E-state index contributed by atoms with van der Waals surface area (Å²) in [4.78, 5) is 0. The Balaban J connectivity index is 1.92. The second kappa shape index (κ2) is 4.40. The highest BCUT2D eigenvalue weighted by molar-refractivity contribution is 5.46. The Morgan fingerprint density at radius 3 is 3.00 bits per heavy atom. The topological polar surface area (TPSA) is 53.7 Å². The van der Waals surface area contributed by atoms with Crippen LogP contribution in [-0.2, 0) is 0 Å². The molecule has 1 unspecified atom stereocenters. The summed E-state index contributed by atoms with van der Waals surface area (Å²) in [5, 5.41) is 0. The summed E-state index contributed by atoms with van der Waals surface area (Å²) < 4.78 is 16.0. The van der Waals surface area contributed by atoms with Gasteiger partial charge in [-0.3, -0.25) is 0 Å². The predicted molar refractivity (Wildman–Crippen MR) is 56.3 cm³/mol. The molecule has 0 saturated heterocycles. The Morgan fingerprint density at radius 1 is 1.40 bits per heavy atom. The molecule has 1 aromatic carbocycles. The van der Waals surface area contributed by atoms with E-state index in [0.29, 0.717) is 13.4 Å². The van der Waals surface area contributed by atoms with Gasteiger partial charge in [-0.1, -0.05) is 0 Å². The maximum atomic E-state index is 5.62. The van der Waals surface area contributed by atoms with E-state index in [9.17, 15) is 0 Å². The number of hydrogen-bond donors (Lipinski definition) is 1. The molecule has 0 aromatic heterocycles. The third-order valence-corrected chi connectivity index (χ3v) is 2.19. The van der Waals surface area contributed by atoms with Crippen LogP contribution in [0.3, 0.4) is 0 Å². The molecule has 4 heteroatoms. The number of rotatable bonds is 4. The van der Waals surface area contributed by atoms with E-state index in [1.165, 1.54) is 0 Å². The molecule has 82 valence electrons. The van der Waals surface area contributed by atoms with Gasteiger partial charge < -0.3 is 19.9 Å². The molecule has 4 nitrogen and oxygen atoms in total. The maximum absolute atomic E-state index is 5.62. The van der Waals surface area contributed by atoms with Crippen LogP contribution in [0.4, 0.5) is 0 Å². The van der Waals surface area contributed by atoms with Crippen LogP contribution >= 0.6 is 0 Å². The van der Waals surface area contributed by atoms with Gasteiger partial charge in [0.2, 0.25) is 6.79 Å². The Bertz CT molecular complexity index is 339. The van der Waals surface area contributed by atoms with Crippen LogP contribution < -0.4 is 19.9 Å². The van der Waals surface area contributed by atoms with Crippen molar-refractivity contribution in [3.8, 4) is 17.2 Å². The fraction of sp³-hybridized carbons (Fsp3) is 0.455. The zero-order valence-electron chi connectivity index (χ0n) is 8.73. The largest absolute Gasteiger partial charge is 0.493 e. The van der Waals surface area contributed by atoms with Crippen LogP contribution in [-0.4, -0.2) is 19.4 Å². The molecule has 0 radical (unpaired) electrons. The third-order valence-electron chi connectivity index (χ3n) is 2.19. The van der Waals surface area contributed by atoms with Crippen molar-refractivity contribution in [3.05, 3.63) is 18.2 Å². The van der Waals surface area contributed by atoms with Crippen molar-refractivity contribution < 1.29 is 14.2 Å². The first-order valence-corrected chi connectivity index (χ1v) is 5.04. The zero-order valence-corrected chi connectivity index (χ0v) is 8.73. The molecule has 1 aliphatic rings. The van der Waals surface area contributed by atoms with Crippen LogP contribution in [0, 0.1) is 0 Å². The lowest BCUT2D eigenvalue weighted by molar-refractivity contribution is 0.173. The Hall–Kier alpha value is -1.42. The van der Waals surface area contributed by atoms with Gasteiger partial charge in [0, 0.05) is 12.1 Å². The van der Waals surface area contributed by atoms with Crippen LogP contribution in [0.2, 0.25) is 0 Å². The van der Waals surface area contributed by atoms with Crippen LogP contribution in [0.1, 0.15) is 13.3 Å². The first-order valence-electron chi connectivity index (χ1n) is 5.04. The SMILES string of the molecule is CC(N)CCOc1ccc2c(c1)OCO2.